The van der Waals surface area contributed by atoms with Gasteiger partial charge in [-0.25, -0.2) is 0 Å². The summed E-state index contributed by atoms with van der Waals surface area (Å²) in [5.41, 5.74) is 4.72. The average Bonchev–Trinajstić information content (AvgIpc) is 2.82. The number of hydrogen-bond acceptors (Lipinski definition) is 3. The predicted octanol–water partition coefficient (Wildman–Crippen LogP) is 3.42. The van der Waals surface area contributed by atoms with E-state index in [2.05, 4.69) is 0 Å². The van der Waals surface area contributed by atoms with Gasteiger partial charge in [-0.3, -0.25) is 14.4 Å². The Morgan fingerprint density at radius 3 is 2.19 bits per heavy atom. The third-order valence-corrected chi connectivity index (χ3v) is 5.77. The van der Waals surface area contributed by atoms with Gasteiger partial charge in [0.15, 0.2) is 11.6 Å². The van der Waals surface area contributed by atoms with E-state index in [1.54, 1.807) is 13.0 Å². The lowest BCUT2D eigenvalue weighted by Crippen LogP contribution is -2.37. The van der Waals surface area contributed by atoms with Crippen molar-refractivity contribution in [3.8, 4) is 0 Å². The second kappa shape index (κ2) is 7.18. The third-order valence-electron chi connectivity index (χ3n) is 5.77. The minimum absolute atomic E-state index is 0.0287. The van der Waals surface area contributed by atoms with Crippen LogP contribution in [0.4, 0.5) is 0 Å². The van der Waals surface area contributed by atoms with Crippen molar-refractivity contribution in [1.82, 2.24) is 4.90 Å². The molecule has 1 aromatic rings. The maximum absolute atomic E-state index is 13.0. The monoisotopic (exact) mass is 353 g/mol. The van der Waals surface area contributed by atoms with E-state index in [4.69, 9.17) is 0 Å². The van der Waals surface area contributed by atoms with Crippen LogP contribution in [-0.2, 0) is 14.4 Å². The van der Waals surface area contributed by atoms with E-state index in [1.807, 2.05) is 37.8 Å². The standard InChI is InChI=1S/C22H27NO3/c1-13-9-14(2)20(15(3)10-13)21-19(25)12-18(22(21)26)11-17-5-7-23(8-6-17)16(4)24/h9-10,12,17,21H,5-8,11H2,1-4H3. The Balaban J connectivity index is 1.73. The van der Waals surface area contributed by atoms with Crippen LogP contribution in [0.5, 0.6) is 0 Å². The number of piperidine rings is 1. The van der Waals surface area contributed by atoms with E-state index < -0.39 is 5.92 Å². The Morgan fingerprint density at radius 2 is 1.65 bits per heavy atom. The lowest BCUT2D eigenvalue weighted by molar-refractivity contribution is -0.130. The molecule has 1 aliphatic heterocycles. The van der Waals surface area contributed by atoms with Crippen LogP contribution in [0, 0.1) is 26.7 Å². The Labute approximate surface area is 155 Å². The summed E-state index contributed by atoms with van der Waals surface area (Å²) < 4.78 is 0. The number of benzene rings is 1. The summed E-state index contributed by atoms with van der Waals surface area (Å²) in [5.74, 6) is -0.295. The van der Waals surface area contributed by atoms with Crippen LogP contribution in [0.15, 0.2) is 23.8 Å². The first kappa shape index (κ1) is 18.6. The Kier molecular flexibility index (Phi) is 5.12. The molecule has 0 spiro atoms. The van der Waals surface area contributed by atoms with Crippen LogP contribution in [0.2, 0.25) is 0 Å². The molecule has 1 fully saturated rings. The van der Waals surface area contributed by atoms with E-state index in [-0.39, 0.29) is 17.5 Å². The molecule has 0 radical (unpaired) electrons. The highest BCUT2D eigenvalue weighted by Crippen LogP contribution is 2.36. The van der Waals surface area contributed by atoms with Gasteiger partial charge in [-0.2, -0.15) is 0 Å². The molecule has 0 N–H and O–H groups in total. The van der Waals surface area contributed by atoms with E-state index in [0.29, 0.717) is 17.9 Å². The summed E-state index contributed by atoms with van der Waals surface area (Å²) in [6.45, 7) is 9.07. The van der Waals surface area contributed by atoms with Crippen LogP contribution in [0.1, 0.15) is 54.4 Å². The minimum atomic E-state index is -0.664. The molecule has 4 nitrogen and oxygen atoms in total. The molecule has 0 bridgehead atoms. The Hall–Kier alpha value is -2.23. The van der Waals surface area contributed by atoms with Crippen molar-refractivity contribution in [2.24, 2.45) is 5.92 Å². The number of nitrogens with zero attached hydrogens (tertiary/aromatic N) is 1. The predicted molar refractivity (Wildman–Crippen MR) is 101 cm³/mol. The lowest BCUT2D eigenvalue weighted by Gasteiger charge is -2.31. The number of allylic oxidation sites excluding steroid dienone is 2. The summed E-state index contributed by atoms with van der Waals surface area (Å²) in [4.78, 5) is 38.9. The zero-order chi connectivity index (χ0) is 19.0. The number of carbonyl (C=O) groups excluding carboxylic acids is 3. The molecular weight excluding hydrogens is 326 g/mol. The molecule has 1 unspecified atom stereocenters. The molecule has 1 saturated heterocycles. The number of hydrogen-bond donors (Lipinski definition) is 0. The fraction of sp³-hybridized carbons (Fsp3) is 0.500. The van der Waals surface area contributed by atoms with E-state index >= 15 is 0 Å². The van der Waals surface area contributed by atoms with Gasteiger partial charge in [0.1, 0.15) is 5.92 Å². The van der Waals surface area contributed by atoms with Gasteiger partial charge < -0.3 is 4.90 Å². The molecule has 26 heavy (non-hydrogen) atoms. The van der Waals surface area contributed by atoms with Crippen molar-refractivity contribution in [3.05, 3.63) is 46.0 Å². The van der Waals surface area contributed by atoms with Gasteiger partial charge in [0, 0.05) is 25.6 Å². The number of ketones is 2. The smallest absolute Gasteiger partial charge is 0.219 e. The van der Waals surface area contributed by atoms with Crippen molar-refractivity contribution >= 4 is 17.5 Å². The van der Waals surface area contributed by atoms with Crippen LogP contribution < -0.4 is 0 Å². The number of carbonyl (C=O) groups is 3. The molecule has 3 rings (SSSR count). The minimum Gasteiger partial charge on any atom is -0.343 e. The van der Waals surface area contributed by atoms with E-state index in [0.717, 1.165) is 48.2 Å². The summed E-state index contributed by atoms with van der Waals surface area (Å²) >= 11 is 0. The second-order valence-electron chi connectivity index (χ2n) is 7.84. The Bertz CT molecular complexity index is 775. The number of aryl methyl sites for hydroxylation is 3. The Morgan fingerprint density at radius 1 is 1.08 bits per heavy atom. The van der Waals surface area contributed by atoms with Gasteiger partial charge in [0.2, 0.25) is 5.91 Å². The summed E-state index contributed by atoms with van der Waals surface area (Å²) in [7, 11) is 0. The first-order chi connectivity index (χ1) is 12.3. The van der Waals surface area contributed by atoms with Gasteiger partial charge in [-0.1, -0.05) is 17.7 Å². The molecule has 1 atom stereocenters. The zero-order valence-electron chi connectivity index (χ0n) is 16.1. The van der Waals surface area contributed by atoms with Gasteiger partial charge in [0.05, 0.1) is 0 Å². The summed E-state index contributed by atoms with van der Waals surface area (Å²) in [5, 5.41) is 0. The van der Waals surface area contributed by atoms with Gasteiger partial charge in [0.25, 0.3) is 0 Å². The number of likely N-dealkylation sites (tertiary alicyclic amines) is 1. The zero-order valence-corrected chi connectivity index (χ0v) is 16.1. The molecule has 1 aromatic carbocycles. The van der Waals surface area contributed by atoms with E-state index in [1.165, 1.54) is 0 Å². The van der Waals surface area contributed by atoms with Gasteiger partial charge in [-0.05, 0) is 68.7 Å². The van der Waals surface area contributed by atoms with Gasteiger partial charge in [-0.15, -0.1) is 0 Å². The molecule has 138 valence electrons. The quantitative estimate of drug-likeness (QED) is 0.783. The maximum Gasteiger partial charge on any atom is 0.219 e. The first-order valence-corrected chi connectivity index (χ1v) is 9.39. The highest BCUT2D eigenvalue weighted by Gasteiger charge is 2.38. The molecule has 4 heteroatoms. The highest BCUT2D eigenvalue weighted by atomic mass is 16.2. The van der Waals surface area contributed by atoms with Crippen molar-refractivity contribution in [2.75, 3.05) is 13.1 Å². The van der Waals surface area contributed by atoms with Gasteiger partial charge >= 0.3 is 0 Å². The summed E-state index contributed by atoms with van der Waals surface area (Å²) in [6, 6.07) is 4.08. The topological polar surface area (TPSA) is 54.5 Å². The van der Waals surface area contributed by atoms with Crippen LogP contribution in [0.3, 0.4) is 0 Å². The van der Waals surface area contributed by atoms with Crippen molar-refractivity contribution in [1.29, 1.82) is 0 Å². The largest absolute Gasteiger partial charge is 0.343 e. The first-order valence-electron chi connectivity index (χ1n) is 9.39. The molecule has 1 heterocycles. The number of rotatable bonds is 3. The average molecular weight is 353 g/mol. The van der Waals surface area contributed by atoms with E-state index in [9.17, 15) is 14.4 Å². The molecule has 1 amide bonds. The fourth-order valence-electron chi connectivity index (χ4n) is 4.48. The van der Waals surface area contributed by atoms with Crippen LogP contribution in [-0.4, -0.2) is 35.5 Å². The van der Waals surface area contributed by atoms with Crippen LogP contribution >= 0.6 is 0 Å². The molecule has 0 saturated carbocycles. The van der Waals surface area contributed by atoms with Crippen molar-refractivity contribution in [3.63, 3.8) is 0 Å². The normalized spacial score (nSPS) is 21.3. The molecule has 1 aliphatic carbocycles. The number of Topliss-reactive ketones (excluding diaryl/α,β-unsaturated/α-hetero) is 1. The lowest BCUT2D eigenvalue weighted by atomic mass is 9.84. The molecule has 2 aliphatic rings. The summed E-state index contributed by atoms with van der Waals surface area (Å²) in [6.07, 6.45) is 4.01. The fourth-order valence-corrected chi connectivity index (χ4v) is 4.48. The molecular formula is C22H27NO3. The molecule has 0 aromatic heterocycles. The second-order valence-corrected chi connectivity index (χ2v) is 7.84. The third kappa shape index (κ3) is 3.50. The van der Waals surface area contributed by atoms with Crippen molar-refractivity contribution < 1.29 is 14.4 Å². The van der Waals surface area contributed by atoms with Crippen LogP contribution in [0.25, 0.3) is 0 Å². The highest BCUT2D eigenvalue weighted by molar-refractivity contribution is 6.25. The number of amides is 1. The maximum atomic E-state index is 13.0. The SMILES string of the molecule is CC(=O)N1CCC(CC2=CC(=O)C(c3c(C)cc(C)cc3C)C2=O)CC1. The van der Waals surface area contributed by atoms with Crippen molar-refractivity contribution in [2.45, 2.75) is 52.9 Å².